The van der Waals surface area contributed by atoms with Gasteiger partial charge in [-0.05, 0) is 62.6 Å². The Labute approximate surface area is 175 Å². The van der Waals surface area contributed by atoms with Gasteiger partial charge in [0, 0.05) is 24.2 Å². The van der Waals surface area contributed by atoms with Gasteiger partial charge >= 0.3 is 6.01 Å². The predicted molar refractivity (Wildman–Crippen MR) is 112 cm³/mol. The highest BCUT2D eigenvalue weighted by atomic mass is 32.2. The van der Waals surface area contributed by atoms with Crippen molar-refractivity contribution in [2.45, 2.75) is 31.6 Å². The van der Waals surface area contributed by atoms with E-state index in [2.05, 4.69) is 15.5 Å². The minimum absolute atomic E-state index is 0.0235. The maximum atomic E-state index is 12.6. The number of rotatable bonds is 5. The van der Waals surface area contributed by atoms with Crippen LogP contribution in [0.2, 0.25) is 0 Å². The second kappa shape index (κ2) is 8.00. The molecular weight excluding hydrogens is 404 g/mol. The lowest BCUT2D eigenvalue weighted by Gasteiger charge is -2.15. The first kappa shape index (κ1) is 20.2. The fourth-order valence-corrected chi connectivity index (χ4v) is 4.89. The van der Waals surface area contributed by atoms with Crippen LogP contribution in [0.5, 0.6) is 0 Å². The van der Waals surface area contributed by atoms with Crippen molar-refractivity contribution in [3.8, 4) is 11.5 Å². The number of hydrogen-bond acceptors (Lipinski definition) is 6. The van der Waals surface area contributed by atoms with E-state index in [4.69, 9.17) is 4.42 Å². The number of aromatic nitrogens is 2. The molecule has 0 spiro atoms. The third-order valence-electron chi connectivity index (χ3n) is 5.09. The van der Waals surface area contributed by atoms with E-state index in [0.717, 1.165) is 29.5 Å². The van der Waals surface area contributed by atoms with Gasteiger partial charge in [-0.3, -0.25) is 10.1 Å². The monoisotopic (exact) mass is 426 g/mol. The summed E-state index contributed by atoms with van der Waals surface area (Å²) in [5.41, 5.74) is 3.14. The summed E-state index contributed by atoms with van der Waals surface area (Å²) in [6.45, 7) is 4.97. The molecule has 2 heterocycles. The van der Waals surface area contributed by atoms with Crippen LogP contribution in [-0.2, 0) is 10.0 Å². The maximum Gasteiger partial charge on any atom is 0.322 e. The van der Waals surface area contributed by atoms with Crippen molar-refractivity contribution in [2.75, 3.05) is 18.4 Å². The van der Waals surface area contributed by atoms with Gasteiger partial charge in [-0.1, -0.05) is 22.8 Å². The van der Waals surface area contributed by atoms with Crippen LogP contribution in [0.1, 0.15) is 34.3 Å². The molecule has 30 heavy (non-hydrogen) atoms. The number of benzene rings is 2. The van der Waals surface area contributed by atoms with E-state index in [-0.39, 0.29) is 10.9 Å². The second-order valence-corrected chi connectivity index (χ2v) is 9.26. The number of nitrogens with one attached hydrogen (secondary N) is 1. The van der Waals surface area contributed by atoms with E-state index in [1.165, 1.54) is 28.6 Å². The van der Waals surface area contributed by atoms with E-state index < -0.39 is 15.9 Å². The minimum Gasteiger partial charge on any atom is -0.403 e. The smallest absolute Gasteiger partial charge is 0.322 e. The average Bonchev–Trinajstić information content (AvgIpc) is 3.42. The van der Waals surface area contributed by atoms with Crippen LogP contribution in [0.25, 0.3) is 11.5 Å². The molecule has 0 saturated carbocycles. The number of aryl methyl sites for hydroxylation is 2. The highest BCUT2D eigenvalue weighted by Crippen LogP contribution is 2.25. The second-order valence-electron chi connectivity index (χ2n) is 7.32. The highest BCUT2D eigenvalue weighted by Gasteiger charge is 2.27. The van der Waals surface area contributed by atoms with Gasteiger partial charge in [-0.25, -0.2) is 8.42 Å². The normalized spacial score (nSPS) is 14.7. The van der Waals surface area contributed by atoms with Crippen molar-refractivity contribution in [2.24, 2.45) is 0 Å². The number of amides is 1. The fourth-order valence-electron chi connectivity index (χ4n) is 3.37. The highest BCUT2D eigenvalue weighted by molar-refractivity contribution is 7.89. The van der Waals surface area contributed by atoms with Crippen molar-refractivity contribution in [3.05, 3.63) is 59.2 Å². The lowest BCUT2D eigenvalue weighted by Crippen LogP contribution is -2.27. The first-order valence-corrected chi connectivity index (χ1v) is 11.1. The van der Waals surface area contributed by atoms with Crippen molar-refractivity contribution in [1.29, 1.82) is 0 Å². The lowest BCUT2D eigenvalue weighted by atomic mass is 10.1. The number of carbonyl (C=O) groups is 1. The maximum absolute atomic E-state index is 12.6. The summed E-state index contributed by atoms with van der Waals surface area (Å²) < 4.78 is 32.2. The summed E-state index contributed by atoms with van der Waals surface area (Å²) >= 11 is 0. The van der Waals surface area contributed by atoms with Crippen LogP contribution in [0.3, 0.4) is 0 Å². The van der Waals surface area contributed by atoms with Crippen molar-refractivity contribution < 1.29 is 17.6 Å². The Morgan fingerprint density at radius 2 is 1.73 bits per heavy atom. The SMILES string of the molecule is Cc1ccc(C)c(-c2nnc(NC(=O)c3ccc(S(=O)(=O)N4CCCC4)cc3)o2)c1. The molecule has 4 rings (SSSR count). The van der Waals surface area contributed by atoms with Crippen molar-refractivity contribution in [1.82, 2.24) is 14.5 Å². The Bertz CT molecular complexity index is 1180. The molecule has 1 aliphatic rings. The summed E-state index contributed by atoms with van der Waals surface area (Å²) in [6, 6.07) is 11.7. The van der Waals surface area contributed by atoms with E-state index >= 15 is 0 Å². The van der Waals surface area contributed by atoms with Gasteiger partial charge in [0.2, 0.25) is 15.9 Å². The summed E-state index contributed by atoms with van der Waals surface area (Å²) in [6.07, 6.45) is 1.74. The first-order chi connectivity index (χ1) is 14.3. The Hall–Kier alpha value is -3.04. The Morgan fingerprint density at radius 3 is 2.43 bits per heavy atom. The summed E-state index contributed by atoms with van der Waals surface area (Å²) in [4.78, 5) is 12.7. The number of carbonyl (C=O) groups excluding carboxylic acids is 1. The summed E-state index contributed by atoms with van der Waals surface area (Å²) in [5, 5.41) is 10.5. The Balaban J connectivity index is 1.48. The van der Waals surface area contributed by atoms with Crippen molar-refractivity contribution >= 4 is 21.9 Å². The Kier molecular flexibility index (Phi) is 5.40. The molecule has 0 radical (unpaired) electrons. The molecule has 0 atom stereocenters. The van der Waals surface area contributed by atoms with Crippen LogP contribution in [0.4, 0.5) is 6.01 Å². The molecule has 1 saturated heterocycles. The number of anilines is 1. The molecule has 0 unspecified atom stereocenters. The van der Waals surface area contributed by atoms with E-state index in [1.807, 2.05) is 32.0 Å². The van der Waals surface area contributed by atoms with Gasteiger partial charge in [0.1, 0.15) is 0 Å². The molecule has 156 valence electrons. The number of nitrogens with zero attached hydrogens (tertiary/aromatic N) is 3. The van der Waals surface area contributed by atoms with Gasteiger partial charge in [-0.15, -0.1) is 5.10 Å². The zero-order chi connectivity index (χ0) is 21.3. The molecule has 9 heteroatoms. The van der Waals surface area contributed by atoms with Gasteiger partial charge < -0.3 is 4.42 Å². The molecular formula is C21H22N4O4S. The summed E-state index contributed by atoms with van der Waals surface area (Å²) in [7, 11) is -3.51. The molecule has 1 aliphatic heterocycles. The topological polar surface area (TPSA) is 105 Å². The molecule has 1 aromatic heterocycles. The number of hydrogen-bond donors (Lipinski definition) is 1. The van der Waals surface area contributed by atoms with E-state index in [9.17, 15) is 13.2 Å². The van der Waals surface area contributed by atoms with Crippen LogP contribution in [0, 0.1) is 13.8 Å². The van der Waals surface area contributed by atoms with Gasteiger partial charge in [-0.2, -0.15) is 4.31 Å². The van der Waals surface area contributed by atoms with Crippen LogP contribution in [-0.4, -0.2) is 41.9 Å². The van der Waals surface area contributed by atoms with E-state index in [0.29, 0.717) is 24.5 Å². The zero-order valence-corrected chi connectivity index (χ0v) is 17.6. The molecule has 8 nitrogen and oxygen atoms in total. The third-order valence-corrected chi connectivity index (χ3v) is 7.00. The zero-order valence-electron chi connectivity index (χ0n) is 16.8. The van der Waals surface area contributed by atoms with Crippen LogP contribution >= 0.6 is 0 Å². The molecule has 1 amide bonds. The fraction of sp³-hybridized carbons (Fsp3) is 0.286. The van der Waals surface area contributed by atoms with E-state index in [1.54, 1.807) is 0 Å². The van der Waals surface area contributed by atoms with Gasteiger partial charge in [0.15, 0.2) is 0 Å². The largest absolute Gasteiger partial charge is 0.403 e. The molecule has 0 bridgehead atoms. The van der Waals surface area contributed by atoms with Crippen LogP contribution < -0.4 is 5.32 Å². The van der Waals surface area contributed by atoms with Crippen LogP contribution in [0.15, 0.2) is 51.8 Å². The average molecular weight is 426 g/mol. The molecule has 3 aromatic rings. The standard InChI is InChI=1S/C21H22N4O4S/c1-14-5-6-15(2)18(13-14)20-23-24-21(29-20)22-19(26)16-7-9-17(10-8-16)30(27,28)25-11-3-4-12-25/h5-10,13H,3-4,11-12H2,1-2H3,(H,22,24,26). The summed E-state index contributed by atoms with van der Waals surface area (Å²) in [5.74, 6) is -0.144. The third kappa shape index (κ3) is 3.99. The number of sulfonamides is 1. The predicted octanol–water partition coefficient (Wildman–Crippen LogP) is 3.39. The Morgan fingerprint density at radius 1 is 1.03 bits per heavy atom. The molecule has 1 fully saturated rings. The molecule has 2 aromatic carbocycles. The lowest BCUT2D eigenvalue weighted by molar-refractivity contribution is 0.102. The van der Waals surface area contributed by atoms with Crippen molar-refractivity contribution in [3.63, 3.8) is 0 Å². The van der Waals surface area contributed by atoms with Gasteiger partial charge in [0.05, 0.1) is 4.90 Å². The molecule has 0 aliphatic carbocycles. The minimum atomic E-state index is -3.51. The first-order valence-electron chi connectivity index (χ1n) is 9.67. The quantitative estimate of drug-likeness (QED) is 0.670. The van der Waals surface area contributed by atoms with Gasteiger partial charge in [0.25, 0.3) is 5.91 Å². The molecule has 1 N–H and O–H groups in total.